The molecule has 1 aliphatic carbocycles. The Bertz CT molecular complexity index is 413. The molecule has 0 N–H and O–H groups in total. The predicted octanol–water partition coefficient (Wildman–Crippen LogP) is 2.75. The second-order valence-corrected chi connectivity index (χ2v) is 4.83. The van der Waals surface area contributed by atoms with Gasteiger partial charge in [0.05, 0.1) is 5.56 Å². The molecule has 1 saturated carbocycles. The van der Waals surface area contributed by atoms with Gasteiger partial charge in [0.1, 0.15) is 12.4 Å². The number of nitrogens with zero attached hydrogens (tertiary/aromatic N) is 1. The van der Waals surface area contributed by atoms with Crippen molar-refractivity contribution >= 4 is 5.78 Å². The van der Waals surface area contributed by atoms with Crippen LogP contribution in [0.15, 0.2) is 24.3 Å². The normalized spacial score (nSPS) is 14.8. The van der Waals surface area contributed by atoms with E-state index in [1.165, 1.54) is 12.8 Å². The Morgan fingerprint density at radius 2 is 2.11 bits per heavy atom. The number of carbonyl (C=O) groups excluding carboxylic acids is 1. The van der Waals surface area contributed by atoms with Gasteiger partial charge >= 0.3 is 0 Å². The predicted molar refractivity (Wildman–Crippen MR) is 72.2 cm³/mol. The summed E-state index contributed by atoms with van der Waals surface area (Å²) >= 11 is 0. The number of benzene rings is 1. The van der Waals surface area contributed by atoms with Crippen LogP contribution in [0, 0.1) is 0 Å². The maximum absolute atomic E-state index is 11.8. The second kappa shape index (κ2) is 6.01. The van der Waals surface area contributed by atoms with Crippen molar-refractivity contribution in [2.75, 3.05) is 20.2 Å². The van der Waals surface area contributed by atoms with Crippen molar-refractivity contribution in [2.24, 2.45) is 0 Å². The smallest absolute Gasteiger partial charge is 0.166 e. The lowest BCUT2D eigenvalue weighted by Gasteiger charge is -2.16. The average Bonchev–Trinajstić information content (AvgIpc) is 3.22. The van der Waals surface area contributed by atoms with Crippen LogP contribution in [0.2, 0.25) is 0 Å². The lowest BCUT2D eigenvalue weighted by molar-refractivity contribution is 0.0983. The molecule has 0 amide bonds. The van der Waals surface area contributed by atoms with Crippen LogP contribution in [0.3, 0.4) is 0 Å². The first kappa shape index (κ1) is 13.1. The molecule has 3 nitrogen and oxygen atoms in total. The molecule has 18 heavy (non-hydrogen) atoms. The first-order valence-corrected chi connectivity index (χ1v) is 6.67. The number of ether oxygens (including phenoxy) is 1. The van der Waals surface area contributed by atoms with Crippen LogP contribution >= 0.6 is 0 Å². The van der Waals surface area contributed by atoms with E-state index in [9.17, 15) is 4.79 Å². The summed E-state index contributed by atoms with van der Waals surface area (Å²) in [5.74, 6) is 0.856. The first-order chi connectivity index (χ1) is 8.72. The Morgan fingerprint density at radius 3 is 2.78 bits per heavy atom. The van der Waals surface area contributed by atoms with Crippen molar-refractivity contribution in [2.45, 2.75) is 32.2 Å². The number of hydrogen-bond acceptors (Lipinski definition) is 3. The lowest BCUT2D eigenvalue weighted by Crippen LogP contribution is -2.26. The fourth-order valence-electron chi connectivity index (χ4n) is 2.01. The molecule has 3 heteroatoms. The Kier molecular flexibility index (Phi) is 4.37. The van der Waals surface area contributed by atoms with Crippen molar-refractivity contribution in [1.82, 2.24) is 4.90 Å². The van der Waals surface area contributed by atoms with Gasteiger partial charge in [0.2, 0.25) is 0 Å². The highest BCUT2D eigenvalue weighted by molar-refractivity contribution is 5.98. The monoisotopic (exact) mass is 247 g/mol. The number of hydrogen-bond donors (Lipinski definition) is 0. The SMILES string of the molecule is CCC(=O)c1ccccc1OCCN(C)C1CC1. The van der Waals surface area contributed by atoms with Gasteiger partial charge in [0.15, 0.2) is 5.78 Å². The van der Waals surface area contributed by atoms with Crippen molar-refractivity contribution in [3.63, 3.8) is 0 Å². The molecule has 1 fully saturated rings. The van der Waals surface area contributed by atoms with Gasteiger partial charge in [-0.2, -0.15) is 0 Å². The van der Waals surface area contributed by atoms with E-state index in [1.54, 1.807) is 0 Å². The van der Waals surface area contributed by atoms with Gasteiger partial charge in [-0.1, -0.05) is 19.1 Å². The van der Waals surface area contributed by atoms with E-state index in [0.29, 0.717) is 24.3 Å². The van der Waals surface area contributed by atoms with Crippen molar-refractivity contribution in [3.05, 3.63) is 29.8 Å². The van der Waals surface area contributed by atoms with Crippen LogP contribution < -0.4 is 4.74 Å². The molecule has 0 atom stereocenters. The fraction of sp³-hybridized carbons (Fsp3) is 0.533. The van der Waals surface area contributed by atoms with Gasteiger partial charge in [0.25, 0.3) is 0 Å². The highest BCUT2D eigenvalue weighted by Crippen LogP contribution is 2.25. The van der Waals surface area contributed by atoms with Gasteiger partial charge in [-0.3, -0.25) is 4.79 Å². The highest BCUT2D eigenvalue weighted by Gasteiger charge is 2.25. The van der Waals surface area contributed by atoms with Gasteiger partial charge in [0, 0.05) is 19.0 Å². The van der Waals surface area contributed by atoms with Crippen LogP contribution in [-0.4, -0.2) is 36.9 Å². The summed E-state index contributed by atoms with van der Waals surface area (Å²) < 4.78 is 5.75. The van der Waals surface area contributed by atoms with Gasteiger partial charge < -0.3 is 9.64 Å². The molecular formula is C15H21NO2. The Labute approximate surface area is 109 Å². The van der Waals surface area contributed by atoms with Crippen LogP contribution in [0.4, 0.5) is 0 Å². The summed E-state index contributed by atoms with van der Waals surface area (Å²) in [4.78, 5) is 14.1. The van der Waals surface area contributed by atoms with Crippen LogP contribution in [0.5, 0.6) is 5.75 Å². The number of ketones is 1. The summed E-state index contributed by atoms with van der Waals surface area (Å²) in [5.41, 5.74) is 0.703. The third-order valence-electron chi connectivity index (χ3n) is 3.38. The molecule has 0 saturated heterocycles. The minimum Gasteiger partial charge on any atom is -0.491 e. The van der Waals surface area contributed by atoms with E-state index in [1.807, 2.05) is 31.2 Å². The molecular weight excluding hydrogens is 226 g/mol. The van der Waals surface area contributed by atoms with Crippen LogP contribution in [-0.2, 0) is 0 Å². The van der Waals surface area contributed by atoms with Crippen molar-refractivity contribution < 1.29 is 9.53 Å². The highest BCUT2D eigenvalue weighted by atomic mass is 16.5. The van der Waals surface area contributed by atoms with Gasteiger partial charge in [-0.15, -0.1) is 0 Å². The minimum atomic E-state index is 0.140. The average molecular weight is 247 g/mol. The number of para-hydroxylation sites is 1. The van der Waals surface area contributed by atoms with Crippen LogP contribution in [0.1, 0.15) is 36.5 Å². The van der Waals surface area contributed by atoms with Crippen LogP contribution in [0.25, 0.3) is 0 Å². The Morgan fingerprint density at radius 1 is 1.39 bits per heavy atom. The first-order valence-electron chi connectivity index (χ1n) is 6.67. The van der Waals surface area contributed by atoms with E-state index in [4.69, 9.17) is 4.74 Å². The standard InChI is InChI=1S/C15H21NO2/c1-3-14(17)13-6-4-5-7-15(13)18-11-10-16(2)12-8-9-12/h4-7,12H,3,8-11H2,1-2H3. The molecule has 1 aliphatic rings. The molecule has 0 unspecified atom stereocenters. The molecule has 2 rings (SSSR count). The lowest BCUT2D eigenvalue weighted by atomic mass is 10.1. The third-order valence-corrected chi connectivity index (χ3v) is 3.38. The van der Waals surface area contributed by atoms with E-state index in [0.717, 1.165) is 12.6 Å². The number of rotatable bonds is 7. The molecule has 0 radical (unpaired) electrons. The maximum Gasteiger partial charge on any atom is 0.166 e. The second-order valence-electron chi connectivity index (χ2n) is 4.83. The van der Waals surface area contributed by atoms with E-state index >= 15 is 0 Å². The summed E-state index contributed by atoms with van der Waals surface area (Å²) in [6, 6.07) is 8.26. The summed E-state index contributed by atoms with van der Waals surface area (Å²) in [6.07, 6.45) is 3.13. The third kappa shape index (κ3) is 3.33. The van der Waals surface area contributed by atoms with E-state index in [-0.39, 0.29) is 5.78 Å². The minimum absolute atomic E-state index is 0.140. The molecule has 0 aromatic heterocycles. The molecule has 0 bridgehead atoms. The zero-order valence-electron chi connectivity index (χ0n) is 11.2. The fourth-order valence-corrected chi connectivity index (χ4v) is 2.01. The van der Waals surface area contributed by atoms with Gasteiger partial charge in [-0.05, 0) is 32.0 Å². The number of likely N-dealkylation sites (N-methyl/N-ethyl adjacent to an activating group) is 1. The number of carbonyl (C=O) groups is 1. The zero-order valence-corrected chi connectivity index (χ0v) is 11.2. The molecule has 0 heterocycles. The Hall–Kier alpha value is -1.35. The largest absolute Gasteiger partial charge is 0.491 e. The molecule has 1 aromatic rings. The van der Waals surface area contributed by atoms with Crippen molar-refractivity contribution in [3.8, 4) is 5.75 Å². The molecule has 0 spiro atoms. The number of Topliss-reactive ketones (excluding diaryl/α,β-unsaturated/α-hetero) is 1. The van der Waals surface area contributed by atoms with Crippen molar-refractivity contribution in [1.29, 1.82) is 0 Å². The summed E-state index contributed by atoms with van der Waals surface area (Å²) in [5, 5.41) is 0. The summed E-state index contributed by atoms with van der Waals surface area (Å²) in [6.45, 7) is 3.43. The topological polar surface area (TPSA) is 29.5 Å². The quantitative estimate of drug-likeness (QED) is 0.694. The molecule has 98 valence electrons. The molecule has 1 aromatic carbocycles. The van der Waals surface area contributed by atoms with E-state index < -0.39 is 0 Å². The van der Waals surface area contributed by atoms with E-state index in [2.05, 4.69) is 11.9 Å². The maximum atomic E-state index is 11.8. The Balaban J connectivity index is 1.89. The zero-order chi connectivity index (χ0) is 13.0. The van der Waals surface area contributed by atoms with Gasteiger partial charge in [-0.25, -0.2) is 0 Å². The summed E-state index contributed by atoms with van der Waals surface area (Å²) in [7, 11) is 2.13. The molecule has 0 aliphatic heterocycles.